The Morgan fingerprint density at radius 2 is 2.00 bits per heavy atom. The topological polar surface area (TPSA) is 36.8 Å². The van der Waals surface area contributed by atoms with Gasteiger partial charge in [0.05, 0.1) is 11.1 Å². The van der Waals surface area contributed by atoms with Crippen LogP contribution >= 0.6 is 0 Å². The molecule has 0 aromatic rings. The molecule has 1 saturated carbocycles. The van der Waals surface area contributed by atoms with E-state index in [1.807, 2.05) is 6.92 Å². The third-order valence-electron chi connectivity index (χ3n) is 5.31. The number of quaternary nitrogens is 1. The highest BCUT2D eigenvalue weighted by Crippen LogP contribution is 2.48. The van der Waals surface area contributed by atoms with E-state index < -0.39 is 5.60 Å². The Kier molecular flexibility index (Phi) is 3.63. The van der Waals surface area contributed by atoms with Gasteiger partial charge in [-0.15, -0.1) is 0 Å². The van der Waals surface area contributed by atoms with Crippen molar-refractivity contribution < 1.29 is 10.4 Å². The summed E-state index contributed by atoms with van der Waals surface area (Å²) in [6.07, 6.45) is 6.63. The zero-order valence-corrected chi connectivity index (χ0v) is 12.4. The van der Waals surface area contributed by atoms with E-state index in [-0.39, 0.29) is 5.54 Å². The summed E-state index contributed by atoms with van der Waals surface area (Å²) in [5.41, 5.74) is 1.14. The fourth-order valence-electron chi connectivity index (χ4n) is 3.98. The molecule has 0 aromatic carbocycles. The lowest BCUT2D eigenvalue weighted by molar-refractivity contribution is -0.683. The summed E-state index contributed by atoms with van der Waals surface area (Å²) in [4.78, 5) is 0. The van der Waals surface area contributed by atoms with E-state index in [0.29, 0.717) is 17.8 Å². The Morgan fingerprint density at radius 1 is 1.33 bits per heavy atom. The van der Waals surface area contributed by atoms with E-state index in [9.17, 15) is 5.11 Å². The van der Waals surface area contributed by atoms with Crippen LogP contribution < -0.4 is 5.32 Å². The Hall–Kier alpha value is -0.340. The SMILES string of the molecule is [CH2-][NH2+][C@@]1(C)CC[C@H](C(C)C)C2=C[C@@](C)(O)CC[C@@H]21. The molecule has 0 bridgehead atoms. The van der Waals surface area contributed by atoms with Crippen molar-refractivity contribution in [2.45, 2.75) is 64.5 Å². The largest absolute Gasteiger partial charge is 0.474 e. The fourth-order valence-corrected chi connectivity index (χ4v) is 3.98. The van der Waals surface area contributed by atoms with Crippen LogP contribution in [0, 0.1) is 24.8 Å². The quantitative estimate of drug-likeness (QED) is 0.573. The summed E-state index contributed by atoms with van der Waals surface area (Å²) >= 11 is 0. The Morgan fingerprint density at radius 3 is 2.56 bits per heavy atom. The highest BCUT2D eigenvalue weighted by molar-refractivity contribution is 5.25. The van der Waals surface area contributed by atoms with Gasteiger partial charge in [0, 0.05) is 12.3 Å². The molecular weight excluding hydrogens is 222 g/mol. The number of hydrogen-bond donors (Lipinski definition) is 2. The first-order valence-electron chi connectivity index (χ1n) is 7.38. The number of fused-ring (bicyclic) bond motifs is 1. The average Bonchev–Trinajstić information content (AvgIpc) is 2.27. The van der Waals surface area contributed by atoms with Crippen molar-refractivity contribution >= 4 is 0 Å². The molecule has 2 nitrogen and oxygen atoms in total. The lowest BCUT2D eigenvalue weighted by Gasteiger charge is -2.50. The van der Waals surface area contributed by atoms with Crippen molar-refractivity contribution in [3.05, 3.63) is 18.7 Å². The Labute approximate surface area is 112 Å². The molecule has 18 heavy (non-hydrogen) atoms. The first-order valence-corrected chi connectivity index (χ1v) is 7.38. The normalized spacial score (nSPS) is 44.7. The molecule has 2 aliphatic carbocycles. The van der Waals surface area contributed by atoms with Crippen molar-refractivity contribution in [1.82, 2.24) is 0 Å². The Balaban J connectivity index is 2.38. The van der Waals surface area contributed by atoms with Crippen LogP contribution in [0.3, 0.4) is 0 Å². The second-order valence-corrected chi connectivity index (χ2v) is 7.19. The molecule has 4 atom stereocenters. The van der Waals surface area contributed by atoms with Gasteiger partial charge in [-0.3, -0.25) is 0 Å². The molecule has 2 rings (SSSR count). The smallest absolute Gasteiger partial charge is 0.0802 e. The second kappa shape index (κ2) is 4.64. The standard InChI is InChI=1S/C16H29NO/c1-11(2)12-6-9-16(4,17-5)14-7-8-15(3,18)10-13(12)14/h10-12,14,18H,5-9,17H2,1-4H3/t12-,14+,15+,16+/m1/s1. The monoisotopic (exact) mass is 251 g/mol. The van der Waals surface area contributed by atoms with Gasteiger partial charge in [-0.2, -0.15) is 7.05 Å². The number of rotatable bonds is 2. The second-order valence-electron chi connectivity index (χ2n) is 7.19. The third kappa shape index (κ3) is 2.37. The van der Waals surface area contributed by atoms with E-state index >= 15 is 0 Å². The molecule has 0 aliphatic heterocycles. The minimum Gasteiger partial charge on any atom is -0.474 e. The van der Waals surface area contributed by atoms with Crippen molar-refractivity contribution in [3.63, 3.8) is 0 Å². The fraction of sp³-hybridized carbons (Fsp3) is 0.812. The van der Waals surface area contributed by atoms with Gasteiger partial charge in [0.25, 0.3) is 0 Å². The van der Waals surface area contributed by atoms with Crippen LogP contribution in [0.15, 0.2) is 11.6 Å². The minimum atomic E-state index is -0.599. The summed E-state index contributed by atoms with van der Waals surface area (Å²) in [5, 5.41) is 12.5. The van der Waals surface area contributed by atoms with Crippen LogP contribution in [0.1, 0.15) is 53.4 Å². The van der Waals surface area contributed by atoms with Crippen LogP contribution in [0.25, 0.3) is 0 Å². The highest BCUT2D eigenvalue weighted by atomic mass is 16.3. The lowest BCUT2D eigenvalue weighted by atomic mass is 9.59. The highest BCUT2D eigenvalue weighted by Gasteiger charge is 2.47. The lowest BCUT2D eigenvalue weighted by Crippen LogP contribution is -2.93. The van der Waals surface area contributed by atoms with Gasteiger partial charge in [-0.25, -0.2) is 0 Å². The van der Waals surface area contributed by atoms with Crippen molar-refractivity contribution in [2.75, 3.05) is 0 Å². The molecule has 1 fully saturated rings. The molecule has 3 N–H and O–H groups in total. The maximum absolute atomic E-state index is 10.4. The molecule has 0 saturated heterocycles. The van der Waals surface area contributed by atoms with E-state index in [0.717, 1.165) is 12.8 Å². The van der Waals surface area contributed by atoms with Crippen molar-refractivity contribution in [2.24, 2.45) is 17.8 Å². The van der Waals surface area contributed by atoms with Crippen LogP contribution in [-0.4, -0.2) is 16.2 Å². The predicted molar refractivity (Wildman–Crippen MR) is 74.7 cm³/mol. The van der Waals surface area contributed by atoms with E-state index in [1.54, 1.807) is 0 Å². The van der Waals surface area contributed by atoms with Gasteiger partial charge in [0.1, 0.15) is 0 Å². The van der Waals surface area contributed by atoms with Gasteiger partial charge in [0.15, 0.2) is 0 Å². The summed E-state index contributed by atoms with van der Waals surface area (Å²) in [7, 11) is 4.06. The molecular formula is C16H29NO. The first-order chi connectivity index (χ1) is 8.29. The predicted octanol–water partition coefficient (Wildman–Crippen LogP) is 2.25. The maximum atomic E-state index is 10.4. The van der Waals surface area contributed by atoms with Gasteiger partial charge >= 0.3 is 0 Å². The average molecular weight is 251 g/mol. The number of nitrogens with two attached hydrogens (primary N) is 1. The molecule has 104 valence electrons. The van der Waals surface area contributed by atoms with Crippen LogP contribution in [0.4, 0.5) is 0 Å². The summed E-state index contributed by atoms with van der Waals surface area (Å²) in [6.45, 7) is 8.91. The number of hydrogen-bond acceptors (Lipinski definition) is 1. The van der Waals surface area contributed by atoms with Gasteiger partial charge < -0.3 is 10.4 Å². The summed E-state index contributed by atoms with van der Waals surface area (Å²) in [5.74, 6) is 1.91. The van der Waals surface area contributed by atoms with Crippen LogP contribution in [0.2, 0.25) is 0 Å². The van der Waals surface area contributed by atoms with Crippen LogP contribution in [0.5, 0.6) is 0 Å². The molecule has 0 aromatic heterocycles. The van der Waals surface area contributed by atoms with E-state index in [4.69, 9.17) is 0 Å². The zero-order valence-electron chi connectivity index (χ0n) is 12.4. The number of aliphatic hydroxyl groups is 1. The Bertz CT molecular complexity index is 345. The van der Waals surface area contributed by atoms with Gasteiger partial charge in [0.2, 0.25) is 0 Å². The maximum Gasteiger partial charge on any atom is 0.0802 e. The zero-order chi connectivity index (χ0) is 13.6. The molecule has 0 heterocycles. The summed E-state index contributed by atoms with van der Waals surface area (Å²) < 4.78 is 0. The molecule has 0 spiro atoms. The van der Waals surface area contributed by atoms with Crippen molar-refractivity contribution in [3.8, 4) is 0 Å². The first kappa shape index (κ1) is 14.1. The minimum absolute atomic E-state index is 0.230. The van der Waals surface area contributed by atoms with Gasteiger partial charge in [-0.1, -0.05) is 25.5 Å². The molecule has 0 unspecified atom stereocenters. The summed E-state index contributed by atoms with van der Waals surface area (Å²) in [6, 6.07) is 0. The van der Waals surface area contributed by atoms with E-state index in [1.165, 1.54) is 18.4 Å². The molecule has 2 aliphatic rings. The third-order valence-corrected chi connectivity index (χ3v) is 5.31. The molecule has 2 heteroatoms. The van der Waals surface area contributed by atoms with Gasteiger partial charge in [-0.05, 0) is 44.9 Å². The van der Waals surface area contributed by atoms with Crippen LogP contribution in [-0.2, 0) is 0 Å². The van der Waals surface area contributed by atoms with Crippen molar-refractivity contribution in [1.29, 1.82) is 0 Å². The van der Waals surface area contributed by atoms with E-state index in [2.05, 4.69) is 39.2 Å². The molecule has 0 amide bonds. The molecule has 0 radical (unpaired) electrons.